The molecule has 0 aliphatic carbocycles. The summed E-state index contributed by atoms with van der Waals surface area (Å²) in [6.45, 7) is 4.44. The summed E-state index contributed by atoms with van der Waals surface area (Å²) in [6, 6.07) is 6.19. The molecule has 0 radical (unpaired) electrons. The number of fused-ring (bicyclic) bond motifs is 1. The minimum atomic E-state index is 0.194. The lowest BCUT2D eigenvalue weighted by molar-refractivity contribution is 0.412. The van der Waals surface area contributed by atoms with Gasteiger partial charge in [-0.05, 0) is 26.0 Å². The number of hydrogen-bond acceptors (Lipinski definition) is 2. The van der Waals surface area contributed by atoms with E-state index in [-0.39, 0.29) is 4.75 Å². The Morgan fingerprint density at radius 2 is 2.07 bits per heavy atom. The van der Waals surface area contributed by atoms with Crippen molar-refractivity contribution in [2.45, 2.75) is 23.5 Å². The SMILES string of the molecule is COc1cccc2c1C=CC(C)(C)S2. The molecular formula is C12H14OS. The van der Waals surface area contributed by atoms with Gasteiger partial charge in [0.05, 0.1) is 7.11 Å². The van der Waals surface area contributed by atoms with Gasteiger partial charge < -0.3 is 4.74 Å². The third-order valence-corrected chi connectivity index (χ3v) is 3.51. The second-order valence-electron chi connectivity index (χ2n) is 3.91. The maximum atomic E-state index is 5.32. The molecule has 1 aliphatic rings. The highest BCUT2D eigenvalue weighted by atomic mass is 32.2. The van der Waals surface area contributed by atoms with Crippen molar-refractivity contribution in [3.63, 3.8) is 0 Å². The van der Waals surface area contributed by atoms with Crippen molar-refractivity contribution >= 4 is 17.8 Å². The van der Waals surface area contributed by atoms with Crippen LogP contribution < -0.4 is 4.74 Å². The number of methoxy groups -OCH3 is 1. The lowest BCUT2D eigenvalue weighted by atomic mass is 10.1. The fourth-order valence-corrected chi connectivity index (χ4v) is 2.68. The van der Waals surface area contributed by atoms with E-state index in [1.54, 1.807) is 7.11 Å². The molecule has 0 atom stereocenters. The molecule has 0 N–H and O–H groups in total. The van der Waals surface area contributed by atoms with Crippen LogP contribution in [0.15, 0.2) is 29.2 Å². The topological polar surface area (TPSA) is 9.23 Å². The van der Waals surface area contributed by atoms with Crippen LogP contribution in [0.3, 0.4) is 0 Å². The molecular weight excluding hydrogens is 192 g/mol. The molecule has 0 bridgehead atoms. The molecule has 0 saturated heterocycles. The van der Waals surface area contributed by atoms with E-state index in [2.05, 4.69) is 32.1 Å². The zero-order valence-corrected chi connectivity index (χ0v) is 9.52. The molecule has 0 spiro atoms. The molecule has 74 valence electrons. The minimum Gasteiger partial charge on any atom is -0.496 e. The average Bonchev–Trinajstić information content (AvgIpc) is 2.15. The first-order valence-corrected chi connectivity index (χ1v) is 5.49. The Morgan fingerprint density at radius 1 is 1.29 bits per heavy atom. The van der Waals surface area contributed by atoms with Crippen molar-refractivity contribution < 1.29 is 4.74 Å². The van der Waals surface area contributed by atoms with Crippen molar-refractivity contribution in [3.05, 3.63) is 29.8 Å². The highest BCUT2D eigenvalue weighted by Crippen LogP contribution is 2.43. The zero-order chi connectivity index (χ0) is 10.2. The van der Waals surface area contributed by atoms with Crippen LogP contribution >= 0.6 is 11.8 Å². The van der Waals surface area contributed by atoms with Crippen LogP contribution in [-0.4, -0.2) is 11.9 Å². The van der Waals surface area contributed by atoms with Gasteiger partial charge in [-0.25, -0.2) is 0 Å². The molecule has 1 aromatic carbocycles. The van der Waals surface area contributed by atoms with Gasteiger partial charge in [0.15, 0.2) is 0 Å². The molecule has 0 aromatic heterocycles. The average molecular weight is 206 g/mol. The monoisotopic (exact) mass is 206 g/mol. The molecule has 1 nitrogen and oxygen atoms in total. The van der Waals surface area contributed by atoms with Crippen molar-refractivity contribution in [2.24, 2.45) is 0 Å². The van der Waals surface area contributed by atoms with E-state index in [0.29, 0.717) is 0 Å². The molecule has 0 unspecified atom stereocenters. The van der Waals surface area contributed by atoms with Crippen LogP contribution in [0.4, 0.5) is 0 Å². The van der Waals surface area contributed by atoms with Gasteiger partial charge in [-0.2, -0.15) is 0 Å². The van der Waals surface area contributed by atoms with E-state index in [4.69, 9.17) is 4.74 Å². The minimum absolute atomic E-state index is 0.194. The molecule has 14 heavy (non-hydrogen) atoms. The van der Waals surface area contributed by atoms with E-state index in [1.807, 2.05) is 23.9 Å². The number of ether oxygens (including phenoxy) is 1. The van der Waals surface area contributed by atoms with Crippen LogP contribution in [0.5, 0.6) is 5.75 Å². The van der Waals surface area contributed by atoms with E-state index in [9.17, 15) is 0 Å². The summed E-state index contributed by atoms with van der Waals surface area (Å²) in [5.41, 5.74) is 1.21. The van der Waals surface area contributed by atoms with Crippen molar-refractivity contribution in [3.8, 4) is 5.75 Å². The van der Waals surface area contributed by atoms with Crippen molar-refractivity contribution in [1.82, 2.24) is 0 Å². The van der Waals surface area contributed by atoms with Gasteiger partial charge in [-0.1, -0.05) is 18.2 Å². The zero-order valence-electron chi connectivity index (χ0n) is 8.70. The lowest BCUT2D eigenvalue weighted by Gasteiger charge is -2.25. The number of benzene rings is 1. The molecule has 2 heteroatoms. The molecule has 1 aliphatic heterocycles. The summed E-state index contributed by atoms with van der Waals surface area (Å²) in [5, 5.41) is 0. The maximum absolute atomic E-state index is 5.32. The Morgan fingerprint density at radius 3 is 2.79 bits per heavy atom. The highest BCUT2D eigenvalue weighted by molar-refractivity contribution is 8.01. The van der Waals surface area contributed by atoms with Crippen LogP contribution in [0, 0.1) is 0 Å². The molecule has 2 rings (SSSR count). The molecule has 0 fully saturated rings. The van der Waals surface area contributed by atoms with E-state index in [0.717, 1.165) is 5.75 Å². The summed E-state index contributed by atoms with van der Waals surface area (Å²) >= 11 is 1.88. The summed E-state index contributed by atoms with van der Waals surface area (Å²) in [7, 11) is 1.72. The Hall–Kier alpha value is -0.890. The first kappa shape index (κ1) is 9.66. The smallest absolute Gasteiger partial charge is 0.127 e. The quantitative estimate of drug-likeness (QED) is 0.694. The van der Waals surface area contributed by atoms with Crippen LogP contribution in [0.2, 0.25) is 0 Å². The third kappa shape index (κ3) is 1.67. The van der Waals surface area contributed by atoms with Crippen molar-refractivity contribution in [2.75, 3.05) is 7.11 Å². The highest BCUT2D eigenvalue weighted by Gasteiger charge is 2.22. The van der Waals surface area contributed by atoms with E-state index < -0.39 is 0 Å². The predicted molar refractivity (Wildman–Crippen MR) is 62.0 cm³/mol. The van der Waals surface area contributed by atoms with Gasteiger partial charge in [-0.3, -0.25) is 0 Å². The second kappa shape index (κ2) is 3.35. The van der Waals surface area contributed by atoms with E-state index in [1.165, 1.54) is 10.5 Å². The summed E-state index contributed by atoms with van der Waals surface area (Å²) in [5.74, 6) is 0.960. The molecule has 1 aromatic rings. The Bertz CT molecular complexity index is 380. The van der Waals surface area contributed by atoms with E-state index >= 15 is 0 Å². The Balaban J connectivity index is 2.50. The van der Waals surface area contributed by atoms with Gasteiger partial charge in [0.25, 0.3) is 0 Å². The normalized spacial score (nSPS) is 17.6. The molecule has 1 heterocycles. The maximum Gasteiger partial charge on any atom is 0.127 e. The van der Waals surface area contributed by atoms with Crippen molar-refractivity contribution in [1.29, 1.82) is 0 Å². The first-order chi connectivity index (χ1) is 6.62. The number of rotatable bonds is 1. The third-order valence-electron chi connectivity index (χ3n) is 2.27. The fraction of sp³-hybridized carbons (Fsp3) is 0.333. The van der Waals surface area contributed by atoms with Crippen LogP contribution in [0.1, 0.15) is 19.4 Å². The summed E-state index contributed by atoms with van der Waals surface area (Å²) in [6.07, 6.45) is 4.38. The largest absolute Gasteiger partial charge is 0.496 e. The lowest BCUT2D eigenvalue weighted by Crippen LogP contribution is -2.13. The second-order valence-corrected chi connectivity index (χ2v) is 5.61. The van der Waals surface area contributed by atoms with Crippen LogP contribution in [-0.2, 0) is 0 Å². The summed E-state index contributed by atoms with van der Waals surface area (Å²) in [4.78, 5) is 1.30. The number of hydrogen-bond donors (Lipinski definition) is 0. The first-order valence-electron chi connectivity index (χ1n) is 4.68. The van der Waals surface area contributed by atoms with Gasteiger partial charge in [0.1, 0.15) is 5.75 Å². The van der Waals surface area contributed by atoms with Gasteiger partial charge in [0, 0.05) is 15.2 Å². The predicted octanol–water partition coefficient (Wildman–Crippen LogP) is 3.59. The standard InChI is InChI=1S/C12H14OS/c1-12(2)8-7-9-10(13-3)5-4-6-11(9)14-12/h4-8H,1-3H3. The molecule has 0 amide bonds. The number of thioether (sulfide) groups is 1. The Kier molecular flexibility index (Phi) is 2.31. The fourth-order valence-electron chi connectivity index (χ4n) is 1.56. The molecule has 0 saturated carbocycles. The summed E-state index contributed by atoms with van der Waals surface area (Å²) < 4.78 is 5.51. The van der Waals surface area contributed by atoms with Gasteiger partial charge in [0.2, 0.25) is 0 Å². The Labute approximate surface area is 89.2 Å². The van der Waals surface area contributed by atoms with Gasteiger partial charge in [-0.15, -0.1) is 11.8 Å². The van der Waals surface area contributed by atoms with Crippen LogP contribution in [0.25, 0.3) is 6.08 Å². The van der Waals surface area contributed by atoms with Gasteiger partial charge >= 0.3 is 0 Å².